The number of hydrogen-bond donors (Lipinski definition) is 1. The highest BCUT2D eigenvalue weighted by atomic mass is 16.6. The van der Waals surface area contributed by atoms with Gasteiger partial charge in [-0.1, -0.05) is 6.07 Å². The summed E-state index contributed by atoms with van der Waals surface area (Å²) in [5.74, 6) is 1.42. The van der Waals surface area contributed by atoms with Crippen LogP contribution in [-0.2, 0) is 4.74 Å². The third-order valence-corrected chi connectivity index (χ3v) is 3.26. The minimum atomic E-state index is -0.542. The average molecular weight is 250 g/mol. The maximum atomic E-state index is 10.3. The number of hydrogen-bond acceptors (Lipinski definition) is 4. The van der Waals surface area contributed by atoms with Crippen molar-refractivity contribution in [2.24, 2.45) is 0 Å². The molecule has 0 spiro atoms. The second kappa shape index (κ2) is 4.14. The van der Waals surface area contributed by atoms with Crippen LogP contribution >= 0.6 is 0 Å². The van der Waals surface area contributed by atoms with Crippen molar-refractivity contribution >= 4 is 0 Å². The van der Waals surface area contributed by atoms with Crippen molar-refractivity contribution in [1.82, 2.24) is 0 Å². The molecular weight excluding hydrogens is 232 g/mol. The van der Waals surface area contributed by atoms with Gasteiger partial charge in [-0.3, -0.25) is 0 Å². The highest BCUT2D eigenvalue weighted by molar-refractivity contribution is 5.48. The van der Waals surface area contributed by atoms with Gasteiger partial charge in [0.05, 0.1) is 18.3 Å². The Labute approximate surface area is 106 Å². The molecular formula is C14H18O4. The van der Waals surface area contributed by atoms with E-state index in [1.165, 1.54) is 0 Å². The van der Waals surface area contributed by atoms with E-state index in [9.17, 15) is 5.11 Å². The Balaban J connectivity index is 1.87. The van der Waals surface area contributed by atoms with Gasteiger partial charge in [0.1, 0.15) is 29.8 Å². The predicted molar refractivity (Wildman–Crippen MR) is 66.0 cm³/mol. The summed E-state index contributed by atoms with van der Waals surface area (Å²) in [5.41, 5.74) is 0.419. The molecule has 3 rings (SSSR count). The SMILES string of the molecule is CC1(C)CC(O)c2c(OCC3CO3)cccc2O1. The van der Waals surface area contributed by atoms with Crippen molar-refractivity contribution < 1.29 is 19.3 Å². The van der Waals surface area contributed by atoms with Crippen LogP contribution in [0.25, 0.3) is 0 Å². The highest BCUT2D eigenvalue weighted by Gasteiger charge is 2.35. The number of ether oxygens (including phenoxy) is 3. The molecule has 1 saturated heterocycles. The second-order valence-corrected chi connectivity index (χ2v) is 5.52. The third kappa shape index (κ3) is 2.31. The van der Waals surface area contributed by atoms with Gasteiger partial charge >= 0.3 is 0 Å². The molecule has 2 heterocycles. The van der Waals surface area contributed by atoms with Crippen molar-refractivity contribution in [3.63, 3.8) is 0 Å². The lowest BCUT2D eigenvalue weighted by molar-refractivity contribution is 0.00953. The van der Waals surface area contributed by atoms with E-state index in [0.717, 1.165) is 12.2 Å². The quantitative estimate of drug-likeness (QED) is 0.834. The Morgan fingerprint density at radius 2 is 2.22 bits per heavy atom. The zero-order valence-electron chi connectivity index (χ0n) is 10.7. The molecule has 0 saturated carbocycles. The third-order valence-electron chi connectivity index (χ3n) is 3.26. The molecule has 2 unspecified atom stereocenters. The summed E-state index contributed by atoms with van der Waals surface area (Å²) < 4.78 is 16.7. The lowest BCUT2D eigenvalue weighted by atomic mass is 9.91. The van der Waals surface area contributed by atoms with E-state index in [1.54, 1.807) is 0 Å². The van der Waals surface area contributed by atoms with Gasteiger partial charge in [-0.05, 0) is 26.0 Å². The van der Waals surface area contributed by atoms with E-state index in [-0.39, 0.29) is 11.7 Å². The van der Waals surface area contributed by atoms with Gasteiger partial charge in [-0.2, -0.15) is 0 Å². The predicted octanol–water partition coefficient (Wildman–Crippen LogP) is 2.06. The van der Waals surface area contributed by atoms with Crippen molar-refractivity contribution in [1.29, 1.82) is 0 Å². The fourth-order valence-electron chi connectivity index (χ4n) is 2.32. The summed E-state index contributed by atoms with van der Waals surface area (Å²) in [6, 6.07) is 5.63. The summed E-state index contributed by atoms with van der Waals surface area (Å²) in [7, 11) is 0. The molecule has 1 N–H and O–H groups in total. The molecule has 1 aromatic rings. The van der Waals surface area contributed by atoms with Gasteiger partial charge in [0.15, 0.2) is 0 Å². The molecule has 2 aliphatic rings. The van der Waals surface area contributed by atoms with E-state index in [4.69, 9.17) is 14.2 Å². The van der Waals surface area contributed by atoms with Gasteiger partial charge < -0.3 is 19.3 Å². The van der Waals surface area contributed by atoms with E-state index >= 15 is 0 Å². The van der Waals surface area contributed by atoms with E-state index < -0.39 is 6.10 Å². The molecule has 98 valence electrons. The largest absolute Gasteiger partial charge is 0.490 e. The Morgan fingerprint density at radius 1 is 1.44 bits per heavy atom. The number of rotatable bonds is 3. The Morgan fingerprint density at radius 3 is 2.94 bits per heavy atom. The molecule has 4 nitrogen and oxygen atoms in total. The minimum Gasteiger partial charge on any atom is -0.490 e. The monoisotopic (exact) mass is 250 g/mol. The van der Waals surface area contributed by atoms with Crippen LogP contribution in [0.4, 0.5) is 0 Å². The van der Waals surface area contributed by atoms with E-state index in [0.29, 0.717) is 24.5 Å². The van der Waals surface area contributed by atoms with Crippen LogP contribution in [0.2, 0.25) is 0 Å². The molecule has 18 heavy (non-hydrogen) atoms. The summed E-state index contributed by atoms with van der Waals surface area (Å²) in [5, 5.41) is 10.3. The first-order valence-corrected chi connectivity index (χ1v) is 6.29. The van der Waals surface area contributed by atoms with Crippen molar-refractivity contribution in [3.8, 4) is 11.5 Å². The van der Waals surface area contributed by atoms with Gasteiger partial charge in [0, 0.05) is 6.42 Å². The maximum absolute atomic E-state index is 10.3. The van der Waals surface area contributed by atoms with Crippen LogP contribution in [0.1, 0.15) is 31.9 Å². The first-order valence-electron chi connectivity index (χ1n) is 6.29. The van der Waals surface area contributed by atoms with E-state index in [2.05, 4.69) is 0 Å². The zero-order chi connectivity index (χ0) is 12.8. The highest BCUT2D eigenvalue weighted by Crippen LogP contribution is 2.44. The topological polar surface area (TPSA) is 51.2 Å². The lowest BCUT2D eigenvalue weighted by Gasteiger charge is -2.36. The summed E-state index contributed by atoms with van der Waals surface area (Å²) in [6.45, 7) is 5.25. The number of benzene rings is 1. The molecule has 2 atom stereocenters. The van der Waals surface area contributed by atoms with Crippen LogP contribution in [0, 0.1) is 0 Å². The number of fused-ring (bicyclic) bond motifs is 1. The fraction of sp³-hybridized carbons (Fsp3) is 0.571. The molecule has 4 heteroatoms. The van der Waals surface area contributed by atoms with Gasteiger partial charge in [-0.15, -0.1) is 0 Å². The van der Waals surface area contributed by atoms with Crippen LogP contribution in [0.15, 0.2) is 18.2 Å². The lowest BCUT2D eigenvalue weighted by Crippen LogP contribution is -2.35. The van der Waals surface area contributed by atoms with Crippen LogP contribution in [0.5, 0.6) is 11.5 Å². The van der Waals surface area contributed by atoms with Crippen LogP contribution in [0.3, 0.4) is 0 Å². The molecule has 1 aromatic carbocycles. The maximum Gasteiger partial charge on any atom is 0.129 e. The second-order valence-electron chi connectivity index (χ2n) is 5.52. The summed E-state index contributed by atoms with van der Waals surface area (Å²) >= 11 is 0. The van der Waals surface area contributed by atoms with Crippen LogP contribution < -0.4 is 9.47 Å². The van der Waals surface area contributed by atoms with Crippen LogP contribution in [-0.4, -0.2) is 30.0 Å². The Hall–Kier alpha value is -1.26. The Bertz CT molecular complexity index is 451. The first-order chi connectivity index (χ1) is 8.55. The summed E-state index contributed by atoms with van der Waals surface area (Å²) in [6.07, 6.45) is 0.236. The zero-order valence-corrected chi connectivity index (χ0v) is 10.7. The smallest absolute Gasteiger partial charge is 0.129 e. The van der Waals surface area contributed by atoms with E-state index in [1.807, 2.05) is 32.0 Å². The molecule has 0 aromatic heterocycles. The first kappa shape index (κ1) is 11.8. The molecule has 0 bridgehead atoms. The van der Waals surface area contributed by atoms with Crippen molar-refractivity contribution in [2.75, 3.05) is 13.2 Å². The minimum absolute atomic E-state index is 0.207. The number of epoxide rings is 1. The normalized spacial score (nSPS) is 28.2. The van der Waals surface area contributed by atoms with Crippen molar-refractivity contribution in [3.05, 3.63) is 23.8 Å². The molecule has 0 amide bonds. The summed E-state index contributed by atoms with van der Waals surface area (Å²) in [4.78, 5) is 0. The average Bonchev–Trinajstić information content (AvgIpc) is 3.07. The molecule has 0 radical (unpaired) electrons. The fourth-order valence-corrected chi connectivity index (χ4v) is 2.32. The molecule has 0 aliphatic carbocycles. The van der Waals surface area contributed by atoms with Gasteiger partial charge in [0.25, 0.3) is 0 Å². The Kier molecular flexibility index (Phi) is 2.72. The molecule has 2 aliphatic heterocycles. The van der Waals surface area contributed by atoms with Gasteiger partial charge in [0.2, 0.25) is 0 Å². The molecule has 1 fully saturated rings. The van der Waals surface area contributed by atoms with Crippen molar-refractivity contribution in [2.45, 2.75) is 38.1 Å². The van der Waals surface area contributed by atoms with Gasteiger partial charge in [-0.25, -0.2) is 0 Å². The number of aliphatic hydroxyl groups is 1. The standard InChI is InChI=1S/C14H18O4/c1-14(2)6-10(15)13-11(17-8-9-7-16-9)4-3-5-12(13)18-14/h3-5,9-10,15H,6-8H2,1-2H3. The number of aliphatic hydroxyl groups excluding tert-OH is 1.